The van der Waals surface area contributed by atoms with Gasteiger partial charge in [-0.2, -0.15) is 0 Å². The number of ether oxygens (including phenoxy) is 1. The number of piperidine rings is 1. The average Bonchev–Trinajstić information content (AvgIpc) is 2.63. The van der Waals surface area contributed by atoms with Gasteiger partial charge in [-0.05, 0) is 18.1 Å². The van der Waals surface area contributed by atoms with Crippen molar-refractivity contribution >= 4 is 0 Å². The van der Waals surface area contributed by atoms with Gasteiger partial charge in [0.05, 0.1) is 26.3 Å². The zero-order valence-corrected chi connectivity index (χ0v) is 16.1. The van der Waals surface area contributed by atoms with E-state index in [1.165, 1.54) is 10.6 Å². The van der Waals surface area contributed by atoms with E-state index in [2.05, 4.69) is 6.07 Å². The molecule has 2 N–H and O–H groups in total. The predicted octanol–water partition coefficient (Wildman–Crippen LogP) is -2.57. The predicted molar refractivity (Wildman–Crippen MR) is 99.2 cm³/mol. The lowest BCUT2D eigenvalue weighted by molar-refractivity contribution is -0.914. The van der Waals surface area contributed by atoms with Gasteiger partial charge >= 0.3 is 0 Å². The van der Waals surface area contributed by atoms with Gasteiger partial charge in [-0.25, -0.2) is 0 Å². The first kappa shape index (κ1) is 20.1. The Bertz CT molecular complexity index is 796. The van der Waals surface area contributed by atoms with E-state index < -0.39 is 6.10 Å². The smallest absolute Gasteiger partial charge is 0.250 e. The minimum atomic E-state index is -0.453. The van der Waals surface area contributed by atoms with Crippen LogP contribution in [0.5, 0.6) is 0 Å². The van der Waals surface area contributed by atoms with E-state index in [-0.39, 0.29) is 18.0 Å². The Morgan fingerprint density at radius 3 is 2.78 bits per heavy atom. The zero-order chi connectivity index (χ0) is 17.9. The highest BCUT2D eigenvalue weighted by Gasteiger charge is 2.37. The van der Waals surface area contributed by atoms with E-state index in [0.717, 1.165) is 31.6 Å². The van der Waals surface area contributed by atoms with Gasteiger partial charge in [0.2, 0.25) is 0 Å². The summed E-state index contributed by atoms with van der Waals surface area (Å²) >= 11 is 0. The third-order valence-corrected chi connectivity index (χ3v) is 5.62. The number of aliphatic hydroxyl groups excluding tert-OH is 1. The fourth-order valence-electron chi connectivity index (χ4n) is 4.57. The molecule has 3 heterocycles. The van der Waals surface area contributed by atoms with Gasteiger partial charge < -0.3 is 31.7 Å². The van der Waals surface area contributed by atoms with Crippen LogP contribution < -0.4 is 22.9 Å². The molecule has 4 unspecified atom stereocenters. The molecule has 1 aromatic heterocycles. The molecule has 0 aliphatic carbocycles. The summed E-state index contributed by atoms with van der Waals surface area (Å²) in [5, 5.41) is 10.4. The van der Waals surface area contributed by atoms with Crippen LogP contribution in [0.15, 0.2) is 53.3 Å². The van der Waals surface area contributed by atoms with Crippen molar-refractivity contribution in [3.05, 3.63) is 70.1 Å². The topological polar surface area (TPSA) is 55.9 Å². The first-order valence-electron chi connectivity index (χ1n) is 9.52. The summed E-state index contributed by atoms with van der Waals surface area (Å²) in [6.45, 7) is 4.43. The van der Waals surface area contributed by atoms with Crippen molar-refractivity contribution in [3.8, 4) is 0 Å². The number of quaternary nitrogens is 1. The van der Waals surface area contributed by atoms with Crippen molar-refractivity contribution in [2.24, 2.45) is 5.92 Å². The fraction of sp³-hybridized carbons (Fsp3) is 0.476. The van der Waals surface area contributed by atoms with Crippen LogP contribution in [0.25, 0.3) is 0 Å². The number of likely N-dealkylation sites (tertiary alicyclic amines) is 1. The van der Waals surface area contributed by atoms with Crippen LogP contribution in [0.2, 0.25) is 0 Å². The third kappa shape index (κ3) is 4.79. The number of benzene rings is 1. The number of nitrogens with zero attached hydrogens (tertiary/aromatic N) is 1. The van der Waals surface area contributed by atoms with Gasteiger partial charge in [0, 0.05) is 30.1 Å². The highest BCUT2D eigenvalue weighted by molar-refractivity contribution is 5.15. The summed E-state index contributed by atoms with van der Waals surface area (Å²) in [6.07, 6.45) is 0.707. The van der Waals surface area contributed by atoms with E-state index in [9.17, 15) is 9.90 Å². The minimum absolute atomic E-state index is 0. The van der Waals surface area contributed by atoms with Crippen molar-refractivity contribution in [3.63, 3.8) is 0 Å². The number of nitrogens with one attached hydrogen (secondary N) is 1. The first-order chi connectivity index (χ1) is 12.7. The summed E-state index contributed by atoms with van der Waals surface area (Å²) < 4.78 is 7.63. The number of aliphatic hydroxyl groups is 1. The highest BCUT2D eigenvalue weighted by Crippen LogP contribution is 2.29. The fourth-order valence-corrected chi connectivity index (χ4v) is 4.57. The second-order valence-electron chi connectivity index (χ2n) is 7.72. The molecule has 5 nitrogen and oxygen atoms in total. The van der Waals surface area contributed by atoms with E-state index >= 15 is 0 Å². The van der Waals surface area contributed by atoms with E-state index in [1.807, 2.05) is 41.0 Å². The van der Waals surface area contributed by atoms with Gasteiger partial charge in [-0.3, -0.25) is 4.79 Å². The lowest BCUT2D eigenvalue weighted by Gasteiger charge is -2.40. The molecule has 6 heteroatoms. The van der Waals surface area contributed by atoms with E-state index in [0.29, 0.717) is 31.6 Å². The number of hydrogen-bond donors (Lipinski definition) is 2. The molecule has 1 fully saturated rings. The lowest BCUT2D eigenvalue weighted by atomic mass is 9.83. The van der Waals surface area contributed by atoms with Crippen molar-refractivity contribution in [1.82, 2.24) is 4.57 Å². The maximum absolute atomic E-state index is 12.1. The number of halogens is 1. The van der Waals surface area contributed by atoms with Gasteiger partial charge in [0.25, 0.3) is 5.56 Å². The summed E-state index contributed by atoms with van der Waals surface area (Å²) in [5.74, 6) is 0.942. The second kappa shape index (κ2) is 9.02. The van der Waals surface area contributed by atoms with Gasteiger partial charge in [0.15, 0.2) is 0 Å². The SMILES string of the molecule is O=c1cccc2n1CC1CC2C[NH+](CC(O)COCc2ccccc2)C1.[Cl-]. The Morgan fingerprint density at radius 1 is 1.15 bits per heavy atom. The molecule has 0 saturated carbocycles. The standard InChI is InChI=1S/C21H26N2O3.ClH/c24-19(15-26-14-16-5-2-1-3-6-16)13-22-10-17-9-18(12-22)20-7-4-8-21(25)23(20)11-17;/h1-8,17-19,24H,9-15H2;1H. The van der Waals surface area contributed by atoms with Gasteiger partial charge in [-0.1, -0.05) is 36.4 Å². The Morgan fingerprint density at radius 2 is 1.96 bits per heavy atom. The molecule has 0 amide bonds. The van der Waals surface area contributed by atoms with Crippen molar-refractivity contribution < 1.29 is 27.2 Å². The van der Waals surface area contributed by atoms with Crippen LogP contribution in [-0.2, 0) is 17.9 Å². The number of fused-ring (bicyclic) bond motifs is 4. The average molecular weight is 391 g/mol. The Labute approximate surface area is 166 Å². The normalized spacial score (nSPS) is 24.6. The number of pyridine rings is 1. The number of aromatic nitrogens is 1. The van der Waals surface area contributed by atoms with E-state index in [1.54, 1.807) is 6.07 Å². The molecule has 2 bridgehead atoms. The maximum atomic E-state index is 12.1. The van der Waals surface area contributed by atoms with Crippen LogP contribution in [0.4, 0.5) is 0 Å². The monoisotopic (exact) mass is 390 g/mol. The minimum Gasteiger partial charge on any atom is -1.00 e. The number of hydrogen-bond acceptors (Lipinski definition) is 3. The van der Waals surface area contributed by atoms with Crippen molar-refractivity contribution in [1.29, 1.82) is 0 Å². The molecule has 146 valence electrons. The summed E-state index contributed by atoms with van der Waals surface area (Å²) in [6, 6.07) is 15.7. The molecule has 0 spiro atoms. The van der Waals surface area contributed by atoms with Gasteiger partial charge in [-0.15, -0.1) is 0 Å². The molecule has 27 heavy (non-hydrogen) atoms. The largest absolute Gasteiger partial charge is 1.00 e. The van der Waals surface area contributed by atoms with Crippen LogP contribution in [-0.4, -0.2) is 42.0 Å². The van der Waals surface area contributed by atoms with E-state index in [4.69, 9.17) is 4.74 Å². The number of rotatable bonds is 6. The van der Waals surface area contributed by atoms with Crippen LogP contribution >= 0.6 is 0 Å². The lowest BCUT2D eigenvalue weighted by Crippen LogP contribution is -3.15. The van der Waals surface area contributed by atoms with Crippen LogP contribution in [0, 0.1) is 5.92 Å². The molecular formula is C21H27ClN2O3. The molecule has 2 aliphatic heterocycles. The van der Waals surface area contributed by atoms with Crippen molar-refractivity contribution in [2.75, 3.05) is 26.2 Å². The molecule has 4 rings (SSSR count). The molecule has 4 atom stereocenters. The quantitative estimate of drug-likeness (QED) is 0.570. The summed E-state index contributed by atoms with van der Waals surface area (Å²) in [5.41, 5.74) is 2.41. The summed E-state index contributed by atoms with van der Waals surface area (Å²) in [7, 11) is 0. The highest BCUT2D eigenvalue weighted by atomic mass is 35.5. The molecule has 2 aliphatic rings. The Balaban J connectivity index is 0.00000210. The molecule has 2 aromatic rings. The molecule has 0 radical (unpaired) electrons. The first-order valence-corrected chi connectivity index (χ1v) is 9.52. The summed E-state index contributed by atoms with van der Waals surface area (Å²) in [4.78, 5) is 13.5. The zero-order valence-electron chi connectivity index (χ0n) is 15.4. The van der Waals surface area contributed by atoms with Crippen molar-refractivity contribution in [2.45, 2.75) is 31.6 Å². The Kier molecular flexibility index (Phi) is 6.71. The molecule has 1 saturated heterocycles. The van der Waals surface area contributed by atoms with Crippen LogP contribution in [0.3, 0.4) is 0 Å². The third-order valence-electron chi connectivity index (χ3n) is 5.62. The second-order valence-corrected chi connectivity index (χ2v) is 7.72. The van der Waals surface area contributed by atoms with Gasteiger partial charge in [0.1, 0.15) is 12.6 Å². The van der Waals surface area contributed by atoms with Crippen LogP contribution in [0.1, 0.15) is 23.6 Å². The Hall–Kier alpha value is -1.66. The molecule has 1 aromatic carbocycles. The maximum Gasteiger partial charge on any atom is 0.250 e. The molecular weight excluding hydrogens is 364 g/mol.